The normalized spacial score (nSPS) is 11.6. The van der Waals surface area contributed by atoms with Gasteiger partial charge in [0, 0.05) is 47.6 Å². The smallest absolute Gasteiger partial charge is 0.164 e. The van der Waals surface area contributed by atoms with Crippen molar-refractivity contribution in [3.05, 3.63) is 188 Å². The molecule has 0 aliphatic carbocycles. The lowest BCUT2D eigenvalue weighted by Crippen LogP contribution is -2.00. The van der Waals surface area contributed by atoms with Crippen LogP contribution in [0.25, 0.3) is 110 Å². The number of rotatable bonds is 6. The van der Waals surface area contributed by atoms with E-state index in [9.17, 15) is 0 Å². The maximum atomic E-state index is 6.55. The van der Waals surface area contributed by atoms with Crippen LogP contribution in [0.4, 0.5) is 0 Å². The van der Waals surface area contributed by atoms with Crippen molar-refractivity contribution in [1.29, 1.82) is 0 Å². The Labute approximate surface area is 327 Å². The van der Waals surface area contributed by atoms with E-state index < -0.39 is 0 Å². The maximum Gasteiger partial charge on any atom is 0.164 e. The highest BCUT2D eigenvalue weighted by molar-refractivity contribution is 7.25. The molecular weight excluding hydrogens is 703 g/mol. The van der Waals surface area contributed by atoms with Gasteiger partial charge < -0.3 is 4.42 Å². The Morgan fingerprint density at radius 2 is 0.821 bits per heavy atom. The minimum Gasteiger partial charge on any atom is -0.456 e. The molecular formula is C51H31N3OS. The summed E-state index contributed by atoms with van der Waals surface area (Å²) in [7, 11) is 0. The van der Waals surface area contributed by atoms with Gasteiger partial charge in [-0.3, -0.25) is 0 Å². The molecule has 56 heavy (non-hydrogen) atoms. The van der Waals surface area contributed by atoms with Gasteiger partial charge in [-0.2, -0.15) is 0 Å². The second-order valence-electron chi connectivity index (χ2n) is 14.0. The number of thiophene rings is 1. The quantitative estimate of drug-likeness (QED) is 0.171. The summed E-state index contributed by atoms with van der Waals surface area (Å²) in [6, 6.07) is 65.7. The highest BCUT2D eigenvalue weighted by atomic mass is 32.1. The Bertz CT molecular complexity index is 3220. The van der Waals surface area contributed by atoms with Gasteiger partial charge >= 0.3 is 0 Å². The zero-order valence-corrected chi connectivity index (χ0v) is 30.9. The van der Waals surface area contributed by atoms with Crippen LogP contribution in [-0.2, 0) is 0 Å². The Morgan fingerprint density at radius 3 is 1.54 bits per heavy atom. The number of hydrogen-bond acceptors (Lipinski definition) is 5. The molecule has 0 radical (unpaired) electrons. The van der Waals surface area contributed by atoms with E-state index in [1.54, 1.807) is 0 Å². The van der Waals surface area contributed by atoms with Crippen molar-refractivity contribution in [3.8, 4) is 67.5 Å². The van der Waals surface area contributed by atoms with E-state index in [4.69, 9.17) is 19.4 Å². The average Bonchev–Trinajstić information content (AvgIpc) is 3.85. The lowest BCUT2D eigenvalue weighted by molar-refractivity contribution is 0.669. The second-order valence-corrected chi connectivity index (χ2v) is 15.1. The maximum absolute atomic E-state index is 6.55. The molecule has 262 valence electrons. The monoisotopic (exact) mass is 733 g/mol. The minimum atomic E-state index is 0.600. The van der Waals surface area contributed by atoms with Crippen molar-refractivity contribution in [2.45, 2.75) is 0 Å². The van der Waals surface area contributed by atoms with Crippen LogP contribution < -0.4 is 0 Å². The van der Waals surface area contributed by atoms with Gasteiger partial charge in [0.2, 0.25) is 0 Å². The van der Waals surface area contributed by atoms with E-state index >= 15 is 0 Å². The van der Waals surface area contributed by atoms with E-state index in [1.165, 1.54) is 36.9 Å². The molecule has 11 aromatic rings. The van der Waals surface area contributed by atoms with Crippen molar-refractivity contribution in [3.63, 3.8) is 0 Å². The number of aromatic nitrogens is 3. The van der Waals surface area contributed by atoms with Crippen LogP contribution in [0.2, 0.25) is 0 Å². The van der Waals surface area contributed by atoms with Crippen molar-refractivity contribution < 1.29 is 4.42 Å². The highest BCUT2D eigenvalue weighted by Gasteiger charge is 2.18. The Balaban J connectivity index is 0.963. The molecule has 0 N–H and O–H groups in total. The Kier molecular flexibility index (Phi) is 7.64. The molecule has 5 heteroatoms. The minimum absolute atomic E-state index is 0.600. The molecule has 3 heterocycles. The predicted molar refractivity (Wildman–Crippen MR) is 233 cm³/mol. The van der Waals surface area contributed by atoms with Crippen molar-refractivity contribution in [2.24, 2.45) is 0 Å². The first-order valence-corrected chi connectivity index (χ1v) is 19.5. The molecule has 8 aromatic carbocycles. The third-order valence-electron chi connectivity index (χ3n) is 10.6. The second kappa shape index (κ2) is 13.3. The number of benzene rings is 8. The fourth-order valence-electron chi connectivity index (χ4n) is 7.74. The number of nitrogens with zero attached hydrogens (tertiary/aromatic N) is 3. The van der Waals surface area contributed by atoms with Gasteiger partial charge in [0.1, 0.15) is 11.2 Å². The zero-order chi connectivity index (χ0) is 37.0. The van der Waals surface area contributed by atoms with Crippen LogP contribution >= 0.6 is 11.3 Å². The molecule has 0 fully saturated rings. The van der Waals surface area contributed by atoms with Gasteiger partial charge in [-0.1, -0.05) is 158 Å². The van der Waals surface area contributed by atoms with Crippen molar-refractivity contribution in [2.75, 3.05) is 0 Å². The van der Waals surface area contributed by atoms with E-state index in [-0.39, 0.29) is 0 Å². The molecule has 4 nitrogen and oxygen atoms in total. The number of hydrogen-bond donors (Lipinski definition) is 0. The average molecular weight is 734 g/mol. The molecule has 3 aromatic heterocycles. The molecule has 11 rings (SSSR count). The summed E-state index contributed by atoms with van der Waals surface area (Å²) in [6.07, 6.45) is 0. The molecule has 0 saturated heterocycles. The number of fused-ring (bicyclic) bond motifs is 6. The van der Waals surface area contributed by atoms with Crippen LogP contribution in [0.1, 0.15) is 0 Å². The number of furan rings is 1. The largest absolute Gasteiger partial charge is 0.456 e. The molecule has 0 unspecified atom stereocenters. The summed E-state index contributed by atoms with van der Waals surface area (Å²) < 4.78 is 9.18. The fourth-order valence-corrected chi connectivity index (χ4v) is 8.88. The van der Waals surface area contributed by atoms with E-state index in [2.05, 4.69) is 140 Å². The summed E-state index contributed by atoms with van der Waals surface area (Å²) >= 11 is 1.85. The van der Waals surface area contributed by atoms with Gasteiger partial charge in [0.05, 0.1) is 0 Å². The van der Waals surface area contributed by atoms with Crippen LogP contribution in [0, 0.1) is 0 Å². The molecule has 0 atom stereocenters. The van der Waals surface area contributed by atoms with Crippen molar-refractivity contribution >= 4 is 53.4 Å². The van der Waals surface area contributed by atoms with Gasteiger partial charge in [-0.25, -0.2) is 15.0 Å². The zero-order valence-electron chi connectivity index (χ0n) is 30.1. The van der Waals surface area contributed by atoms with E-state index in [0.717, 1.165) is 55.3 Å². The van der Waals surface area contributed by atoms with Crippen molar-refractivity contribution in [1.82, 2.24) is 15.0 Å². The summed E-state index contributed by atoms with van der Waals surface area (Å²) in [6.45, 7) is 0. The summed E-state index contributed by atoms with van der Waals surface area (Å²) in [5.41, 5.74) is 11.3. The van der Waals surface area contributed by atoms with Gasteiger partial charge in [-0.15, -0.1) is 11.3 Å². The predicted octanol–water partition coefficient (Wildman–Crippen LogP) is 14.1. The van der Waals surface area contributed by atoms with Crippen LogP contribution in [0.5, 0.6) is 0 Å². The molecule has 0 saturated carbocycles. The van der Waals surface area contributed by atoms with Crippen LogP contribution in [0.3, 0.4) is 0 Å². The van der Waals surface area contributed by atoms with Crippen LogP contribution in [0.15, 0.2) is 192 Å². The topological polar surface area (TPSA) is 51.8 Å². The van der Waals surface area contributed by atoms with E-state index in [0.29, 0.717) is 17.5 Å². The third kappa shape index (κ3) is 5.65. The lowest BCUT2D eigenvalue weighted by atomic mass is 9.98. The molecule has 0 amide bonds. The molecule has 0 aliphatic heterocycles. The van der Waals surface area contributed by atoms with Gasteiger partial charge in [-0.05, 0) is 63.7 Å². The molecule has 0 aliphatic rings. The summed E-state index contributed by atoms with van der Waals surface area (Å²) in [5, 5.41) is 4.64. The standard InChI is InChI=1S/C51H31N3OS/c1-3-10-32(11-4-1)33-22-24-37(25-23-33)50-52-49(36-12-5-2-6-13-36)53-51(54-50)43-15-9-16-44-48(43)42-29-27-38(30-45(42)55-44)34-18-20-35(21-19-34)39-26-28-41-40-14-7-8-17-46(40)56-47(41)31-39/h1-31H. The third-order valence-corrected chi connectivity index (χ3v) is 11.7. The summed E-state index contributed by atoms with van der Waals surface area (Å²) in [4.78, 5) is 15.1. The Hall–Kier alpha value is -7.21. The SMILES string of the molecule is c1ccc(-c2ccc(-c3nc(-c4ccccc4)nc(-c4cccc5oc6cc(-c7ccc(-c8ccc9c(c8)sc8ccccc89)cc7)ccc6c45)n3)cc2)cc1. The Morgan fingerprint density at radius 1 is 0.321 bits per heavy atom. The lowest BCUT2D eigenvalue weighted by Gasteiger charge is -2.10. The van der Waals surface area contributed by atoms with Crippen LogP contribution in [-0.4, -0.2) is 15.0 Å². The first-order chi connectivity index (χ1) is 27.7. The first-order valence-electron chi connectivity index (χ1n) is 18.7. The molecule has 0 spiro atoms. The first kappa shape index (κ1) is 32.2. The van der Waals surface area contributed by atoms with Gasteiger partial charge in [0.25, 0.3) is 0 Å². The van der Waals surface area contributed by atoms with E-state index in [1.807, 2.05) is 59.9 Å². The van der Waals surface area contributed by atoms with Gasteiger partial charge in [0.15, 0.2) is 17.5 Å². The summed E-state index contributed by atoms with van der Waals surface area (Å²) in [5.74, 6) is 1.84. The fraction of sp³-hybridized carbons (Fsp3) is 0. The molecule has 0 bridgehead atoms. The highest BCUT2D eigenvalue weighted by Crippen LogP contribution is 2.40.